The molecule has 1 aliphatic heterocycles. The van der Waals surface area contributed by atoms with Crippen molar-refractivity contribution in [2.75, 3.05) is 7.05 Å². The van der Waals surface area contributed by atoms with Gasteiger partial charge in [0, 0.05) is 6.21 Å². The number of hydrogen-bond donors (Lipinski definition) is 1. The number of nitrogens with zero attached hydrogens (tertiary/aromatic N) is 1. The highest BCUT2D eigenvalue weighted by molar-refractivity contribution is 7.08. The standard InChI is InChI=1S/C15H16N2OS/c1-10-8-17-13-7-11(3-4-14(13)18-10)15(16-2)12-5-6-19-9-12/h3-10,15-16H,1-2H3. The summed E-state index contributed by atoms with van der Waals surface area (Å²) in [6.45, 7) is 1.99. The Morgan fingerprint density at radius 1 is 1.32 bits per heavy atom. The van der Waals surface area contributed by atoms with E-state index in [0.717, 1.165) is 11.4 Å². The molecule has 2 aromatic rings. The Morgan fingerprint density at radius 3 is 2.95 bits per heavy atom. The fraction of sp³-hybridized carbons (Fsp3) is 0.267. The van der Waals surface area contributed by atoms with Crippen LogP contribution in [0.5, 0.6) is 5.75 Å². The van der Waals surface area contributed by atoms with E-state index in [-0.39, 0.29) is 12.1 Å². The SMILES string of the molecule is CNC(c1ccsc1)c1ccc2c(c1)N=CC(C)O2. The zero-order valence-electron chi connectivity index (χ0n) is 11.0. The first-order valence-corrected chi connectivity index (χ1v) is 7.26. The van der Waals surface area contributed by atoms with E-state index in [4.69, 9.17) is 4.74 Å². The normalized spacial score (nSPS) is 18.7. The van der Waals surface area contributed by atoms with Gasteiger partial charge in [-0.15, -0.1) is 0 Å². The topological polar surface area (TPSA) is 33.6 Å². The molecular formula is C15H16N2OS. The molecule has 0 saturated carbocycles. The summed E-state index contributed by atoms with van der Waals surface area (Å²) in [4.78, 5) is 4.46. The van der Waals surface area contributed by atoms with Crippen LogP contribution in [0.4, 0.5) is 5.69 Å². The van der Waals surface area contributed by atoms with Gasteiger partial charge in [-0.1, -0.05) is 6.07 Å². The lowest BCUT2D eigenvalue weighted by molar-refractivity contribution is 0.288. The van der Waals surface area contributed by atoms with Crippen molar-refractivity contribution >= 4 is 23.2 Å². The van der Waals surface area contributed by atoms with Crippen molar-refractivity contribution in [3.8, 4) is 5.75 Å². The summed E-state index contributed by atoms with van der Waals surface area (Å²) in [6.07, 6.45) is 1.89. The highest BCUT2D eigenvalue weighted by Gasteiger charge is 2.17. The number of fused-ring (bicyclic) bond motifs is 1. The number of rotatable bonds is 3. The Hall–Kier alpha value is -1.65. The lowest BCUT2D eigenvalue weighted by Gasteiger charge is -2.20. The molecule has 2 heterocycles. The van der Waals surface area contributed by atoms with E-state index in [2.05, 4.69) is 39.3 Å². The predicted octanol–water partition coefficient (Wildman–Crippen LogP) is 3.54. The number of ether oxygens (including phenoxy) is 1. The van der Waals surface area contributed by atoms with Gasteiger partial charge in [-0.2, -0.15) is 11.3 Å². The van der Waals surface area contributed by atoms with Crippen LogP contribution in [-0.2, 0) is 0 Å². The molecule has 98 valence electrons. The third kappa shape index (κ3) is 2.41. The second kappa shape index (κ2) is 5.15. The zero-order chi connectivity index (χ0) is 13.2. The average Bonchev–Trinajstić information content (AvgIpc) is 2.93. The quantitative estimate of drug-likeness (QED) is 0.927. The van der Waals surface area contributed by atoms with Gasteiger partial charge in [0.15, 0.2) is 0 Å². The largest absolute Gasteiger partial charge is 0.483 e. The van der Waals surface area contributed by atoms with Crippen LogP contribution < -0.4 is 10.1 Å². The van der Waals surface area contributed by atoms with Gasteiger partial charge in [0.1, 0.15) is 17.5 Å². The van der Waals surface area contributed by atoms with Gasteiger partial charge in [-0.3, -0.25) is 4.99 Å². The molecule has 0 amide bonds. The Balaban J connectivity index is 1.97. The summed E-state index contributed by atoms with van der Waals surface area (Å²) in [5, 5.41) is 7.62. The third-order valence-corrected chi connectivity index (χ3v) is 3.92. The number of nitrogens with one attached hydrogen (secondary N) is 1. The number of benzene rings is 1. The number of thiophene rings is 1. The molecule has 19 heavy (non-hydrogen) atoms. The molecule has 0 fully saturated rings. The van der Waals surface area contributed by atoms with Crippen molar-refractivity contribution in [3.05, 3.63) is 46.2 Å². The number of aliphatic imine (C=N–C) groups is 1. The minimum absolute atomic E-state index is 0.0512. The third-order valence-electron chi connectivity index (χ3n) is 3.22. The van der Waals surface area contributed by atoms with Crippen molar-refractivity contribution in [2.45, 2.75) is 19.1 Å². The predicted molar refractivity (Wildman–Crippen MR) is 79.9 cm³/mol. The molecule has 0 bridgehead atoms. The lowest BCUT2D eigenvalue weighted by atomic mass is 10.0. The molecule has 3 rings (SSSR count). The van der Waals surface area contributed by atoms with Crippen molar-refractivity contribution < 1.29 is 4.74 Å². The van der Waals surface area contributed by atoms with Crippen LogP contribution in [0.2, 0.25) is 0 Å². The van der Waals surface area contributed by atoms with Gasteiger partial charge in [-0.25, -0.2) is 0 Å². The monoisotopic (exact) mass is 272 g/mol. The maximum atomic E-state index is 5.72. The van der Waals surface area contributed by atoms with E-state index in [1.165, 1.54) is 11.1 Å². The van der Waals surface area contributed by atoms with Gasteiger partial charge in [0.2, 0.25) is 0 Å². The van der Waals surface area contributed by atoms with Gasteiger partial charge >= 0.3 is 0 Å². The fourth-order valence-corrected chi connectivity index (χ4v) is 2.98. The molecule has 4 heteroatoms. The number of hydrogen-bond acceptors (Lipinski definition) is 4. The Bertz CT molecular complexity index is 592. The van der Waals surface area contributed by atoms with Crippen molar-refractivity contribution in [1.29, 1.82) is 0 Å². The van der Waals surface area contributed by atoms with E-state index in [1.807, 2.05) is 26.3 Å². The van der Waals surface area contributed by atoms with E-state index >= 15 is 0 Å². The molecule has 3 nitrogen and oxygen atoms in total. The van der Waals surface area contributed by atoms with Gasteiger partial charge < -0.3 is 10.1 Å². The average molecular weight is 272 g/mol. The Morgan fingerprint density at radius 2 is 2.21 bits per heavy atom. The molecule has 1 aromatic heterocycles. The summed E-state index contributed by atoms with van der Waals surface area (Å²) < 4.78 is 5.72. The summed E-state index contributed by atoms with van der Waals surface area (Å²) in [5.74, 6) is 0.860. The van der Waals surface area contributed by atoms with Gasteiger partial charge in [0.25, 0.3) is 0 Å². The first-order valence-electron chi connectivity index (χ1n) is 6.32. The summed E-state index contributed by atoms with van der Waals surface area (Å²) in [7, 11) is 1.98. The van der Waals surface area contributed by atoms with Crippen LogP contribution in [0.25, 0.3) is 0 Å². The molecule has 0 saturated heterocycles. The van der Waals surface area contributed by atoms with E-state index in [9.17, 15) is 0 Å². The van der Waals surface area contributed by atoms with Crippen LogP contribution in [-0.4, -0.2) is 19.4 Å². The second-order valence-electron chi connectivity index (χ2n) is 4.61. The summed E-state index contributed by atoms with van der Waals surface area (Å²) >= 11 is 1.71. The van der Waals surface area contributed by atoms with Crippen molar-refractivity contribution in [3.63, 3.8) is 0 Å². The molecule has 2 unspecified atom stereocenters. The molecule has 0 radical (unpaired) electrons. The van der Waals surface area contributed by atoms with Crippen LogP contribution >= 0.6 is 11.3 Å². The summed E-state index contributed by atoms with van der Waals surface area (Å²) in [5.41, 5.74) is 3.39. The van der Waals surface area contributed by atoms with Gasteiger partial charge in [0.05, 0.1) is 6.04 Å². The fourth-order valence-electron chi connectivity index (χ4n) is 2.30. The highest BCUT2D eigenvalue weighted by atomic mass is 32.1. The van der Waals surface area contributed by atoms with E-state index in [1.54, 1.807) is 11.3 Å². The van der Waals surface area contributed by atoms with Crippen molar-refractivity contribution in [2.24, 2.45) is 4.99 Å². The molecule has 1 aliphatic rings. The zero-order valence-corrected chi connectivity index (χ0v) is 11.8. The van der Waals surface area contributed by atoms with Gasteiger partial charge in [-0.05, 0) is 54.1 Å². The molecule has 0 spiro atoms. The van der Waals surface area contributed by atoms with Crippen molar-refractivity contribution in [1.82, 2.24) is 5.32 Å². The Kier molecular flexibility index (Phi) is 3.36. The van der Waals surface area contributed by atoms with Crippen LogP contribution in [0, 0.1) is 0 Å². The molecule has 2 atom stereocenters. The lowest BCUT2D eigenvalue weighted by Crippen LogP contribution is -2.18. The van der Waals surface area contributed by atoms with E-state index in [0.29, 0.717) is 0 Å². The summed E-state index contributed by atoms with van der Waals surface area (Å²) in [6, 6.07) is 8.55. The smallest absolute Gasteiger partial charge is 0.145 e. The van der Waals surface area contributed by atoms with E-state index < -0.39 is 0 Å². The first-order chi connectivity index (χ1) is 9.28. The van der Waals surface area contributed by atoms with Crippen LogP contribution in [0.15, 0.2) is 40.0 Å². The minimum Gasteiger partial charge on any atom is -0.483 e. The molecular weight excluding hydrogens is 256 g/mol. The minimum atomic E-state index is 0.0512. The van der Waals surface area contributed by atoms with Crippen LogP contribution in [0.3, 0.4) is 0 Å². The van der Waals surface area contributed by atoms with Crippen LogP contribution in [0.1, 0.15) is 24.1 Å². The molecule has 1 N–H and O–H groups in total. The highest BCUT2D eigenvalue weighted by Crippen LogP contribution is 2.35. The Labute approximate surface area is 117 Å². The molecule has 0 aliphatic carbocycles. The first kappa shape index (κ1) is 12.4. The maximum Gasteiger partial charge on any atom is 0.145 e. The second-order valence-corrected chi connectivity index (χ2v) is 5.39. The molecule has 1 aromatic carbocycles. The maximum absolute atomic E-state index is 5.72.